The van der Waals surface area contributed by atoms with E-state index in [-0.39, 0.29) is 31.1 Å². The minimum absolute atomic E-state index is 0.104. The molecule has 0 bridgehead atoms. The van der Waals surface area contributed by atoms with Crippen LogP contribution in [0.4, 0.5) is 0 Å². The van der Waals surface area contributed by atoms with E-state index in [9.17, 15) is 14.4 Å². The Labute approximate surface area is 387 Å². The summed E-state index contributed by atoms with van der Waals surface area (Å²) in [6.07, 6.45) is 67.9. The molecule has 0 radical (unpaired) electrons. The van der Waals surface area contributed by atoms with Crippen LogP contribution >= 0.6 is 0 Å². The van der Waals surface area contributed by atoms with E-state index >= 15 is 0 Å². The second-order valence-corrected chi connectivity index (χ2v) is 16.3. The van der Waals surface area contributed by atoms with E-state index in [0.29, 0.717) is 25.7 Å². The Balaban J connectivity index is 4.46. The van der Waals surface area contributed by atoms with Gasteiger partial charge in [0.1, 0.15) is 13.2 Å². The number of hydrogen-bond acceptors (Lipinski definition) is 6. The predicted octanol–water partition coefficient (Wildman–Crippen LogP) is 16.8. The second kappa shape index (κ2) is 50.7. The fraction of sp³-hybridized carbons (Fsp3) is 0.632. The smallest absolute Gasteiger partial charge is 0.306 e. The summed E-state index contributed by atoms with van der Waals surface area (Å²) in [5.41, 5.74) is 0. The van der Waals surface area contributed by atoms with Gasteiger partial charge in [-0.05, 0) is 116 Å². The number of unbranched alkanes of at least 4 members (excludes halogenated alkanes) is 15. The van der Waals surface area contributed by atoms with Crippen LogP contribution in [-0.2, 0) is 28.6 Å². The van der Waals surface area contributed by atoms with Gasteiger partial charge in [0, 0.05) is 19.3 Å². The zero-order valence-electron chi connectivity index (χ0n) is 40.5. The molecule has 63 heavy (non-hydrogen) atoms. The van der Waals surface area contributed by atoms with Crippen LogP contribution in [0.1, 0.15) is 213 Å². The number of carbonyl (C=O) groups excluding carboxylic acids is 3. The van der Waals surface area contributed by atoms with Crippen molar-refractivity contribution in [2.24, 2.45) is 0 Å². The quantitative estimate of drug-likeness (QED) is 0.0263. The molecule has 0 aromatic rings. The van der Waals surface area contributed by atoms with E-state index in [4.69, 9.17) is 14.2 Å². The zero-order chi connectivity index (χ0) is 45.8. The van der Waals surface area contributed by atoms with Gasteiger partial charge in [0.25, 0.3) is 0 Å². The summed E-state index contributed by atoms with van der Waals surface area (Å²) in [5, 5.41) is 0. The van der Waals surface area contributed by atoms with Crippen molar-refractivity contribution in [3.8, 4) is 0 Å². The summed E-state index contributed by atoms with van der Waals surface area (Å²) in [5.74, 6) is -0.982. The van der Waals surface area contributed by atoms with Gasteiger partial charge in [0.2, 0.25) is 0 Å². The van der Waals surface area contributed by atoms with Crippen molar-refractivity contribution in [3.05, 3.63) is 109 Å². The van der Waals surface area contributed by atoms with Gasteiger partial charge in [-0.15, -0.1) is 0 Å². The summed E-state index contributed by atoms with van der Waals surface area (Å²) < 4.78 is 16.7. The lowest BCUT2D eigenvalue weighted by molar-refractivity contribution is -0.167. The molecule has 0 saturated carbocycles. The lowest BCUT2D eigenvalue weighted by Gasteiger charge is -2.18. The number of allylic oxidation sites excluding steroid dienone is 18. The predicted molar refractivity (Wildman–Crippen MR) is 270 cm³/mol. The van der Waals surface area contributed by atoms with Gasteiger partial charge in [0.05, 0.1) is 0 Å². The SMILES string of the molecule is CC/C=C\C/C=C\C/C=C\C/C=C\C/C=C\C/C=C\CCCCC(=O)OCC(COC(=O)CCCCCCC/C=C\CCC)OC(=O)CCCCCCC/C=C\C/C=C\CCCC. The van der Waals surface area contributed by atoms with Crippen molar-refractivity contribution < 1.29 is 28.6 Å². The lowest BCUT2D eigenvalue weighted by atomic mass is 10.1. The molecule has 0 aliphatic carbocycles. The second-order valence-electron chi connectivity index (χ2n) is 16.3. The molecule has 6 heteroatoms. The zero-order valence-corrected chi connectivity index (χ0v) is 40.5. The van der Waals surface area contributed by atoms with E-state index in [1.54, 1.807) is 0 Å². The van der Waals surface area contributed by atoms with E-state index in [1.807, 2.05) is 0 Å². The highest BCUT2D eigenvalue weighted by Gasteiger charge is 2.19. The van der Waals surface area contributed by atoms with E-state index < -0.39 is 6.10 Å². The summed E-state index contributed by atoms with van der Waals surface area (Å²) in [7, 11) is 0. The molecule has 0 aliphatic heterocycles. The maximum Gasteiger partial charge on any atom is 0.306 e. The monoisotopic (exact) mass is 873 g/mol. The van der Waals surface area contributed by atoms with Crippen molar-refractivity contribution in [2.45, 2.75) is 219 Å². The Bertz CT molecular complexity index is 1330. The Morgan fingerprint density at radius 1 is 0.333 bits per heavy atom. The fourth-order valence-electron chi connectivity index (χ4n) is 6.40. The average Bonchev–Trinajstić information content (AvgIpc) is 3.28. The number of carbonyl (C=O) groups is 3. The topological polar surface area (TPSA) is 78.9 Å². The molecule has 0 saturated heterocycles. The standard InChI is InChI=1S/C57H92O6/c1-4-7-10-13-16-19-22-24-26-27-28-29-30-31-32-34-35-38-41-44-47-50-56(59)62-53-54(52-61-55(58)49-46-43-40-37-21-18-15-12-9-6-3)63-57(60)51-48-45-42-39-36-33-25-23-20-17-14-11-8-5-2/h7,10,12,14-17,19,23-26,28-29,31-32,35,38,54H,4-6,8-9,11,13,18,20-22,27,30,33-34,36-37,39-53H2,1-3H3/b10-7-,15-12-,17-14-,19-16-,25-23-,26-24-,29-28-,32-31-,38-35-. The normalized spacial score (nSPS) is 13.0. The molecular weight excluding hydrogens is 781 g/mol. The molecule has 0 N–H and O–H groups in total. The molecular formula is C57H92O6. The molecule has 0 fully saturated rings. The van der Waals surface area contributed by atoms with Crippen molar-refractivity contribution in [1.82, 2.24) is 0 Å². The molecule has 0 amide bonds. The Morgan fingerprint density at radius 2 is 0.651 bits per heavy atom. The van der Waals surface area contributed by atoms with Crippen LogP contribution in [0.15, 0.2) is 109 Å². The molecule has 1 unspecified atom stereocenters. The molecule has 356 valence electrons. The third-order valence-corrected chi connectivity index (χ3v) is 10.2. The molecule has 0 heterocycles. The van der Waals surface area contributed by atoms with Crippen LogP contribution in [-0.4, -0.2) is 37.2 Å². The lowest BCUT2D eigenvalue weighted by Crippen LogP contribution is -2.30. The van der Waals surface area contributed by atoms with Gasteiger partial charge in [-0.1, -0.05) is 188 Å². The molecule has 6 nitrogen and oxygen atoms in total. The van der Waals surface area contributed by atoms with Crippen LogP contribution in [0.2, 0.25) is 0 Å². The van der Waals surface area contributed by atoms with Gasteiger partial charge < -0.3 is 14.2 Å². The third-order valence-electron chi connectivity index (χ3n) is 10.2. The first-order valence-electron chi connectivity index (χ1n) is 25.4. The minimum atomic E-state index is -0.807. The van der Waals surface area contributed by atoms with Crippen molar-refractivity contribution in [2.75, 3.05) is 13.2 Å². The van der Waals surface area contributed by atoms with Gasteiger partial charge in [0.15, 0.2) is 6.10 Å². The molecule has 0 aromatic heterocycles. The van der Waals surface area contributed by atoms with Gasteiger partial charge >= 0.3 is 17.9 Å². The van der Waals surface area contributed by atoms with Crippen LogP contribution < -0.4 is 0 Å². The maximum atomic E-state index is 12.8. The van der Waals surface area contributed by atoms with E-state index in [1.165, 1.54) is 32.1 Å². The first-order valence-corrected chi connectivity index (χ1v) is 25.4. The van der Waals surface area contributed by atoms with Crippen molar-refractivity contribution >= 4 is 17.9 Å². The van der Waals surface area contributed by atoms with Gasteiger partial charge in [-0.2, -0.15) is 0 Å². The molecule has 1 atom stereocenters. The van der Waals surface area contributed by atoms with Crippen LogP contribution in [0, 0.1) is 0 Å². The Kier molecular flexibility index (Phi) is 47.5. The summed E-state index contributed by atoms with van der Waals surface area (Å²) in [4.78, 5) is 37.9. The largest absolute Gasteiger partial charge is 0.462 e. The highest BCUT2D eigenvalue weighted by molar-refractivity contribution is 5.71. The number of esters is 3. The van der Waals surface area contributed by atoms with Crippen molar-refractivity contribution in [1.29, 1.82) is 0 Å². The maximum absolute atomic E-state index is 12.8. The number of ether oxygens (including phenoxy) is 3. The van der Waals surface area contributed by atoms with E-state index in [0.717, 1.165) is 135 Å². The van der Waals surface area contributed by atoms with Crippen LogP contribution in [0.25, 0.3) is 0 Å². The number of rotatable bonds is 44. The average molecular weight is 873 g/mol. The van der Waals surface area contributed by atoms with Crippen LogP contribution in [0.5, 0.6) is 0 Å². The first kappa shape index (κ1) is 59.1. The molecule has 0 spiro atoms. The molecule has 0 aliphatic rings. The number of hydrogen-bond donors (Lipinski definition) is 0. The molecule has 0 aromatic carbocycles. The Morgan fingerprint density at radius 3 is 1.08 bits per heavy atom. The van der Waals surface area contributed by atoms with Gasteiger partial charge in [-0.3, -0.25) is 14.4 Å². The first-order chi connectivity index (χ1) is 31.0. The summed E-state index contributed by atoms with van der Waals surface area (Å²) in [6.45, 7) is 6.34. The summed E-state index contributed by atoms with van der Waals surface area (Å²) >= 11 is 0. The third kappa shape index (κ3) is 49.0. The highest BCUT2D eigenvalue weighted by atomic mass is 16.6. The highest BCUT2D eigenvalue weighted by Crippen LogP contribution is 2.12. The Hall–Kier alpha value is -3.93. The van der Waals surface area contributed by atoms with Crippen molar-refractivity contribution in [3.63, 3.8) is 0 Å². The van der Waals surface area contributed by atoms with Crippen LogP contribution in [0.3, 0.4) is 0 Å². The minimum Gasteiger partial charge on any atom is -0.462 e. The van der Waals surface area contributed by atoms with E-state index in [2.05, 4.69) is 130 Å². The molecule has 0 rings (SSSR count). The summed E-state index contributed by atoms with van der Waals surface area (Å²) in [6, 6.07) is 0. The van der Waals surface area contributed by atoms with Gasteiger partial charge in [-0.25, -0.2) is 0 Å². The fourth-order valence-corrected chi connectivity index (χ4v) is 6.40.